The van der Waals surface area contributed by atoms with Crippen molar-refractivity contribution in [2.75, 3.05) is 6.54 Å². The quantitative estimate of drug-likeness (QED) is 0.389. The fourth-order valence-corrected chi connectivity index (χ4v) is 2.24. The molecule has 2 aromatic rings. The summed E-state index contributed by atoms with van der Waals surface area (Å²) in [7, 11) is 0. The van der Waals surface area contributed by atoms with Crippen molar-refractivity contribution in [1.29, 1.82) is 0 Å². The van der Waals surface area contributed by atoms with Crippen molar-refractivity contribution in [1.82, 2.24) is 10.7 Å². The highest BCUT2D eigenvalue weighted by molar-refractivity contribution is 6.35. The molecule has 8 nitrogen and oxygen atoms in total. The fourth-order valence-electron chi connectivity index (χ4n) is 2.24. The van der Waals surface area contributed by atoms with Crippen LogP contribution in [0.1, 0.15) is 35.3 Å². The van der Waals surface area contributed by atoms with Crippen LogP contribution < -0.4 is 20.6 Å². The number of hydrogen-bond donors (Lipinski definition) is 2. The summed E-state index contributed by atoms with van der Waals surface area (Å²) in [5.41, 5.74) is 3.22. The Morgan fingerprint density at radius 3 is 2.48 bits per heavy atom. The van der Waals surface area contributed by atoms with Crippen LogP contribution in [0.3, 0.4) is 0 Å². The van der Waals surface area contributed by atoms with Gasteiger partial charge in [-0.2, -0.15) is 5.10 Å². The van der Waals surface area contributed by atoms with Crippen LogP contribution in [0.4, 0.5) is 0 Å². The molecule has 2 amide bonds. The number of aromatic carboxylic acids is 1. The molecule has 2 aromatic carbocycles. The number of hydrogen-bond acceptors (Lipinski definition) is 6. The summed E-state index contributed by atoms with van der Waals surface area (Å²) in [6.45, 7) is 4.38. The van der Waals surface area contributed by atoms with Gasteiger partial charge in [0, 0.05) is 12.1 Å². The topological polar surface area (TPSA) is 120 Å². The predicted molar refractivity (Wildman–Crippen MR) is 105 cm³/mol. The molecule has 0 spiro atoms. The van der Waals surface area contributed by atoms with Gasteiger partial charge in [-0.15, -0.1) is 0 Å². The van der Waals surface area contributed by atoms with E-state index in [0.29, 0.717) is 12.1 Å². The summed E-state index contributed by atoms with van der Waals surface area (Å²) in [5.74, 6) is -2.75. The SMILES string of the molecule is CC(C)CNC(=O)C(=O)N/N=C\c1ccc(OCc2ccccc2)c(C(=O)[O-])c1. The van der Waals surface area contributed by atoms with Gasteiger partial charge in [-0.3, -0.25) is 9.59 Å². The Bertz CT molecular complexity index is 894. The van der Waals surface area contributed by atoms with Crippen LogP contribution in [0.15, 0.2) is 53.6 Å². The molecule has 0 saturated heterocycles. The summed E-state index contributed by atoms with van der Waals surface area (Å²) in [6, 6.07) is 13.7. The van der Waals surface area contributed by atoms with Crippen molar-refractivity contribution >= 4 is 24.0 Å². The molecule has 152 valence electrons. The third kappa shape index (κ3) is 7.10. The van der Waals surface area contributed by atoms with E-state index in [1.54, 1.807) is 6.07 Å². The van der Waals surface area contributed by atoms with E-state index in [1.807, 2.05) is 44.2 Å². The number of rotatable bonds is 8. The molecule has 0 unspecified atom stereocenters. The minimum atomic E-state index is -1.40. The van der Waals surface area contributed by atoms with Gasteiger partial charge in [0.1, 0.15) is 12.4 Å². The van der Waals surface area contributed by atoms with Crippen LogP contribution in [0.25, 0.3) is 0 Å². The van der Waals surface area contributed by atoms with Gasteiger partial charge in [0.15, 0.2) is 0 Å². The van der Waals surface area contributed by atoms with Gasteiger partial charge in [0.05, 0.1) is 12.2 Å². The van der Waals surface area contributed by atoms with Gasteiger partial charge in [0.25, 0.3) is 0 Å². The molecule has 2 rings (SSSR count). The first-order chi connectivity index (χ1) is 13.9. The maximum absolute atomic E-state index is 11.6. The van der Waals surface area contributed by atoms with E-state index < -0.39 is 17.8 Å². The van der Waals surface area contributed by atoms with Crippen LogP contribution in [-0.2, 0) is 16.2 Å². The zero-order valence-electron chi connectivity index (χ0n) is 16.2. The molecule has 0 aliphatic heterocycles. The minimum absolute atomic E-state index is 0.147. The first-order valence-corrected chi connectivity index (χ1v) is 9.00. The fraction of sp³-hybridized carbons (Fsp3) is 0.238. The lowest BCUT2D eigenvalue weighted by Crippen LogP contribution is -2.39. The molecule has 0 aromatic heterocycles. The lowest BCUT2D eigenvalue weighted by atomic mass is 10.1. The van der Waals surface area contributed by atoms with E-state index in [9.17, 15) is 19.5 Å². The Kier molecular flexibility index (Phi) is 7.90. The Labute approximate surface area is 168 Å². The van der Waals surface area contributed by atoms with E-state index in [-0.39, 0.29) is 23.8 Å². The molecular formula is C21H22N3O5-. The number of carbonyl (C=O) groups excluding carboxylic acids is 3. The van der Waals surface area contributed by atoms with E-state index in [0.717, 1.165) is 5.56 Å². The molecule has 0 heterocycles. The first kappa shape index (κ1) is 21.6. The molecular weight excluding hydrogens is 374 g/mol. The number of carbonyl (C=O) groups is 3. The van der Waals surface area contributed by atoms with Crippen molar-refractivity contribution in [3.05, 3.63) is 65.2 Å². The monoisotopic (exact) mass is 396 g/mol. The normalized spacial score (nSPS) is 10.7. The van der Waals surface area contributed by atoms with Crippen molar-refractivity contribution in [3.8, 4) is 5.75 Å². The van der Waals surface area contributed by atoms with Crippen LogP contribution >= 0.6 is 0 Å². The Morgan fingerprint density at radius 1 is 1.10 bits per heavy atom. The lowest BCUT2D eigenvalue weighted by Gasteiger charge is -2.13. The van der Waals surface area contributed by atoms with Gasteiger partial charge in [0.2, 0.25) is 0 Å². The maximum Gasteiger partial charge on any atom is 0.329 e. The highest BCUT2D eigenvalue weighted by Crippen LogP contribution is 2.20. The summed E-state index contributed by atoms with van der Waals surface area (Å²) < 4.78 is 5.57. The van der Waals surface area contributed by atoms with E-state index in [4.69, 9.17) is 4.74 Å². The molecule has 0 aliphatic carbocycles. The zero-order chi connectivity index (χ0) is 21.2. The average Bonchev–Trinajstić information content (AvgIpc) is 2.71. The smallest absolute Gasteiger partial charge is 0.329 e. The second-order valence-corrected chi connectivity index (χ2v) is 6.62. The highest BCUT2D eigenvalue weighted by atomic mass is 16.5. The molecule has 29 heavy (non-hydrogen) atoms. The number of carboxylic acids is 1. The number of ether oxygens (including phenoxy) is 1. The second-order valence-electron chi connectivity index (χ2n) is 6.62. The molecule has 0 bridgehead atoms. The van der Waals surface area contributed by atoms with Crippen molar-refractivity contribution in [2.24, 2.45) is 11.0 Å². The van der Waals surface area contributed by atoms with Crippen LogP contribution in [0, 0.1) is 5.92 Å². The van der Waals surface area contributed by atoms with E-state index in [2.05, 4.69) is 15.8 Å². The number of carboxylic acid groups (broad SMARTS) is 1. The molecule has 0 saturated carbocycles. The zero-order valence-corrected chi connectivity index (χ0v) is 16.2. The van der Waals surface area contributed by atoms with Gasteiger partial charge in [-0.1, -0.05) is 44.2 Å². The number of nitrogens with one attached hydrogen (secondary N) is 2. The van der Waals surface area contributed by atoms with Gasteiger partial charge in [-0.25, -0.2) is 5.43 Å². The molecule has 0 aliphatic rings. The summed E-state index contributed by atoms with van der Waals surface area (Å²) in [5, 5.41) is 17.6. The Hall–Kier alpha value is -3.68. The van der Waals surface area contributed by atoms with Gasteiger partial charge < -0.3 is 20.0 Å². The van der Waals surface area contributed by atoms with Crippen molar-refractivity contribution in [2.45, 2.75) is 20.5 Å². The molecule has 0 radical (unpaired) electrons. The molecule has 0 fully saturated rings. The van der Waals surface area contributed by atoms with Gasteiger partial charge in [-0.05, 0) is 35.2 Å². The third-order valence-corrected chi connectivity index (χ3v) is 3.72. The first-order valence-electron chi connectivity index (χ1n) is 9.00. The van der Waals surface area contributed by atoms with E-state index >= 15 is 0 Å². The largest absolute Gasteiger partial charge is 0.545 e. The number of amides is 2. The minimum Gasteiger partial charge on any atom is -0.545 e. The van der Waals surface area contributed by atoms with Crippen LogP contribution in [0.2, 0.25) is 0 Å². The van der Waals surface area contributed by atoms with Crippen LogP contribution in [0.5, 0.6) is 5.75 Å². The average molecular weight is 396 g/mol. The maximum atomic E-state index is 11.6. The summed E-state index contributed by atoms with van der Waals surface area (Å²) in [6.07, 6.45) is 1.22. The van der Waals surface area contributed by atoms with Gasteiger partial charge >= 0.3 is 11.8 Å². The molecule has 0 atom stereocenters. The second kappa shape index (κ2) is 10.6. The summed E-state index contributed by atoms with van der Waals surface area (Å²) >= 11 is 0. The predicted octanol–water partition coefficient (Wildman–Crippen LogP) is 0.851. The highest BCUT2D eigenvalue weighted by Gasteiger charge is 2.12. The molecule has 8 heteroatoms. The van der Waals surface area contributed by atoms with Crippen molar-refractivity contribution in [3.63, 3.8) is 0 Å². The number of benzene rings is 2. The summed E-state index contributed by atoms with van der Waals surface area (Å²) in [4.78, 5) is 34.6. The van der Waals surface area contributed by atoms with Crippen LogP contribution in [-0.4, -0.2) is 30.5 Å². The molecule has 2 N–H and O–H groups in total. The number of hydrazone groups is 1. The standard InChI is InChI=1S/C21H23N3O5/c1-14(2)11-22-19(25)20(26)24-23-12-16-8-9-18(17(10-16)21(27)28)29-13-15-6-4-3-5-7-15/h3-10,12,14H,11,13H2,1-2H3,(H,22,25)(H,24,26)(H,27,28)/p-1/b23-12-. The van der Waals surface area contributed by atoms with Crippen molar-refractivity contribution < 1.29 is 24.2 Å². The van der Waals surface area contributed by atoms with E-state index in [1.165, 1.54) is 18.3 Å². The lowest BCUT2D eigenvalue weighted by molar-refractivity contribution is -0.255. The Balaban J connectivity index is 2.00. The third-order valence-electron chi connectivity index (χ3n) is 3.72. The Morgan fingerprint density at radius 2 is 1.83 bits per heavy atom. The number of nitrogens with zero attached hydrogens (tertiary/aromatic N) is 1.